The highest BCUT2D eigenvalue weighted by atomic mass is 19.1. The van der Waals surface area contributed by atoms with E-state index in [1.54, 1.807) is 6.07 Å². The number of fused-ring (bicyclic) bond motifs is 1. The van der Waals surface area contributed by atoms with Crippen molar-refractivity contribution in [2.75, 3.05) is 11.9 Å². The molecule has 3 aromatic rings. The molecule has 3 heterocycles. The van der Waals surface area contributed by atoms with Crippen molar-refractivity contribution in [1.29, 1.82) is 0 Å². The van der Waals surface area contributed by atoms with Crippen LogP contribution in [0.15, 0.2) is 30.6 Å². The zero-order valence-corrected chi connectivity index (χ0v) is 12.9. The van der Waals surface area contributed by atoms with E-state index in [-0.39, 0.29) is 0 Å². The van der Waals surface area contributed by atoms with E-state index in [1.807, 2.05) is 18.2 Å². The molecule has 0 radical (unpaired) electrons. The highest BCUT2D eigenvalue weighted by molar-refractivity contribution is 5.65. The molecule has 0 aliphatic carbocycles. The smallest absolute Gasteiger partial charge is 0.247 e. The lowest BCUT2D eigenvalue weighted by Crippen LogP contribution is -2.26. The maximum Gasteiger partial charge on any atom is 0.247 e. The summed E-state index contributed by atoms with van der Waals surface area (Å²) in [4.78, 5) is 13.4. The van der Waals surface area contributed by atoms with Gasteiger partial charge in [0.15, 0.2) is 5.82 Å². The molecule has 7 nitrogen and oxygen atoms in total. The predicted molar refractivity (Wildman–Crippen MR) is 87.4 cm³/mol. The molecule has 0 atom stereocenters. The average molecular weight is 325 g/mol. The number of rotatable bonds is 4. The van der Waals surface area contributed by atoms with Crippen LogP contribution in [0.4, 0.5) is 16.2 Å². The summed E-state index contributed by atoms with van der Waals surface area (Å²) in [6.45, 7) is 0.962. The number of nitrogens with one attached hydrogen (secondary N) is 3. The molecule has 0 bridgehead atoms. The van der Waals surface area contributed by atoms with Gasteiger partial charge in [0.25, 0.3) is 0 Å². The molecule has 4 rings (SSSR count). The second kappa shape index (κ2) is 6.32. The van der Waals surface area contributed by atoms with Crippen molar-refractivity contribution in [3.05, 3.63) is 47.4 Å². The van der Waals surface area contributed by atoms with Gasteiger partial charge in [-0.1, -0.05) is 24.3 Å². The summed E-state index contributed by atoms with van der Waals surface area (Å²) in [5, 5.41) is 13.1. The van der Waals surface area contributed by atoms with Crippen molar-refractivity contribution in [3.8, 4) is 11.4 Å². The second-order valence-corrected chi connectivity index (χ2v) is 5.49. The van der Waals surface area contributed by atoms with Crippen LogP contribution >= 0.6 is 0 Å². The first-order valence-electron chi connectivity index (χ1n) is 7.72. The van der Waals surface area contributed by atoms with Crippen molar-refractivity contribution in [3.63, 3.8) is 0 Å². The first-order chi connectivity index (χ1) is 11.8. The number of halogens is 1. The number of benzene rings is 1. The van der Waals surface area contributed by atoms with Gasteiger partial charge in [0.1, 0.15) is 18.8 Å². The van der Waals surface area contributed by atoms with Gasteiger partial charge in [-0.3, -0.25) is 5.10 Å². The van der Waals surface area contributed by atoms with Crippen LogP contribution in [0.2, 0.25) is 0 Å². The second-order valence-electron chi connectivity index (χ2n) is 5.49. The molecular weight excluding hydrogens is 309 g/mol. The molecule has 1 aromatic carbocycles. The SMILES string of the molecule is FCc1ccccc1-c1nc2c(c(Nc3nc[nH]n3)n1)CCNC2. The monoisotopic (exact) mass is 325 g/mol. The number of aromatic nitrogens is 5. The lowest BCUT2D eigenvalue weighted by molar-refractivity contribution is 0.486. The summed E-state index contributed by atoms with van der Waals surface area (Å²) in [7, 11) is 0. The maximum absolute atomic E-state index is 13.3. The Hall–Kier alpha value is -2.87. The number of anilines is 2. The normalized spacial score (nSPS) is 13.5. The van der Waals surface area contributed by atoms with E-state index < -0.39 is 6.67 Å². The summed E-state index contributed by atoms with van der Waals surface area (Å²) in [6.07, 6.45) is 2.31. The van der Waals surface area contributed by atoms with Crippen molar-refractivity contribution in [1.82, 2.24) is 30.5 Å². The third kappa shape index (κ3) is 2.71. The number of nitrogens with zero attached hydrogens (tertiary/aromatic N) is 4. The van der Waals surface area contributed by atoms with Crippen LogP contribution in [0, 0.1) is 0 Å². The Labute approximate surface area is 137 Å². The molecule has 24 heavy (non-hydrogen) atoms. The zero-order chi connectivity index (χ0) is 16.4. The van der Waals surface area contributed by atoms with E-state index in [2.05, 4.69) is 35.8 Å². The minimum atomic E-state index is -0.557. The highest BCUT2D eigenvalue weighted by Crippen LogP contribution is 2.28. The number of alkyl halides is 1. The Balaban J connectivity index is 1.83. The topological polar surface area (TPSA) is 91.4 Å². The number of hydrogen-bond acceptors (Lipinski definition) is 6. The Kier molecular flexibility index (Phi) is 3.87. The average Bonchev–Trinajstić information content (AvgIpc) is 3.14. The van der Waals surface area contributed by atoms with Crippen molar-refractivity contribution < 1.29 is 4.39 Å². The zero-order valence-electron chi connectivity index (χ0n) is 12.9. The molecule has 0 spiro atoms. The van der Waals surface area contributed by atoms with E-state index in [0.29, 0.717) is 35.3 Å². The molecule has 0 amide bonds. The fourth-order valence-corrected chi connectivity index (χ4v) is 2.81. The third-order valence-corrected chi connectivity index (χ3v) is 3.98. The summed E-state index contributed by atoms with van der Waals surface area (Å²) in [5.74, 6) is 1.62. The number of aromatic amines is 1. The molecule has 1 aliphatic rings. The van der Waals surface area contributed by atoms with Gasteiger partial charge in [-0.15, -0.1) is 5.10 Å². The van der Waals surface area contributed by atoms with Crippen LogP contribution in [-0.2, 0) is 19.6 Å². The van der Waals surface area contributed by atoms with Gasteiger partial charge in [-0.05, 0) is 18.5 Å². The minimum absolute atomic E-state index is 0.444. The molecule has 0 fully saturated rings. The lowest BCUT2D eigenvalue weighted by atomic mass is 10.0. The van der Waals surface area contributed by atoms with Crippen molar-refractivity contribution in [2.45, 2.75) is 19.6 Å². The molecule has 0 unspecified atom stereocenters. The molecule has 0 saturated heterocycles. The van der Waals surface area contributed by atoms with E-state index in [9.17, 15) is 4.39 Å². The van der Waals surface area contributed by atoms with Gasteiger partial charge in [0, 0.05) is 17.7 Å². The van der Waals surface area contributed by atoms with Crippen LogP contribution in [-0.4, -0.2) is 31.7 Å². The molecule has 0 saturated carbocycles. The summed E-state index contributed by atoms with van der Waals surface area (Å²) < 4.78 is 13.3. The van der Waals surface area contributed by atoms with Crippen LogP contribution in [0.3, 0.4) is 0 Å². The lowest BCUT2D eigenvalue weighted by Gasteiger charge is -2.20. The molecule has 3 N–H and O–H groups in total. The van der Waals surface area contributed by atoms with E-state index >= 15 is 0 Å². The standard InChI is InChI=1S/C16H16FN7/c17-7-10-3-1-2-4-11(10)14-21-13-8-18-6-5-12(13)15(22-14)23-16-19-9-20-24-16/h1-4,9,18H,5-8H2,(H2,19,20,21,22,23,24). The Morgan fingerprint density at radius 2 is 2.12 bits per heavy atom. The predicted octanol–water partition coefficient (Wildman–Crippen LogP) is 2.12. The maximum atomic E-state index is 13.3. The highest BCUT2D eigenvalue weighted by Gasteiger charge is 2.20. The van der Waals surface area contributed by atoms with Crippen LogP contribution in [0.1, 0.15) is 16.8 Å². The molecule has 122 valence electrons. The summed E-state index contributed by atoms with van der Waals surface area (Å²) in [5.41, 5.74) is 3.23. The van der Waals surface area contributed by atoms with Gasteiger partial charge in [0.2, 0.25) is 5.95 Å². The van der Waals surface area contributed by atoms with E-state index in [0.717, 1.165) is 24.2 Å². The van der Waals surface area contributed by atoms with Gasteiger partial charge in [-0.2, -0.15) is 0 Å². The fraction of sp³-hybridized carbons (Fsp3) is 0.250. The summed E-state index contributed by atoms with van der Waals surface area (Å²) in [6, 6.07) is 7.26. The largest absolute Gasteiger partial charge is 0.311 e. The molecule has 1 aliphatic heterocycles. The van der Waals surface area contributed by atoms with Crippen molar-refractivity contribution >= 4 is 11.8 Å². The van der Waals surface area contributed by atoms with Gasteiger partial charge in [-0.25, -0.2) is 19.3 Å². The van der Waals surface area contributed by atoms with Gasteiger partial charge in [0.05, 0.1) is 5.69 Å². The molecule has 2 aromatic heterocycles. The minimum Gasteiger partial charge on any atom is -0.311 e. The van der Waals surface area contributed by atoms with Crippen molar-refractivity contribution in [2.24, 2.45) is 0 Å². The summed E-state index contributed by atoms with van der Waals surface area (Å²) >= 11 is 0. The molecular formula is C16H16FN7. The molecule has 8 heteroatoms. The van der Waals surface area contributed by atoms with Crippen LogP contribution in [0.5, 0.6) is 0 Å². The quantitative estimate of drug-likeness (QED) is 0.680. The van der Waals surface area contributed by atoms with Gasteiger partial charge < -0.3 is 10.6 Å². The Morgan fingerprint density at radius 1 is 1.21 bits per heavy atom. The Bertz CT molecular complexity index is 848. The third-order valence-electron chi connectivity index (χ3n) is 3.98. The first kappa shape index (κ1) is 14.7. The first-order valence-corrected chi connectivity index (χ1v) is 7.72. The van der Waals surface area contributed by atoms with Crippen LogP contribution in [0.25, 0.3) is 11.4 Å². The number of H-pyrrole nitrogens is 1. The number of hydrogen-bond donors (Lipinski definition) is 3. The van der Waals surface area contributed by atoms with E-state index in [4.69, 9.17) is 0 Å². The van der Waals surface area contributed by atoms with Crippen LogP contribution < -0.4 is 10.6 Å². The fourth-order valence-electron chi connectivity index (χ4n) is 2.81. The van der Waals surface area contributed by atoms with E-state index in [1.165, 1.54) is 6.33 Å². The van der Waals surface area contributed by atoms with Gasteiger partial charge >= 0.3 is 0 Å². The Morgan fingerprint density at radius 3 is 2.96 bits per heavy atom.